The van der Waals surface area contributed by atoms with E-state index in [1.54, 1.807) is 4.90 Å². The second-order valence-corrected chi connectivity index (χ2v) is 6.72. The van der Waals surface area contributed by atoms with Gasteiger partial charge >= 0.3 is 5.97 Å². The number of carbonyl (C=O) groups is 2. The van der Waals surface area contributed by atoms with Gasteiger partial charge in [0, 0.05) is 46.9 Å². The Morgan fingerprint density at radius 1 is 1.24 bits per heavy atom. The lowest BCUT2D eigenvalue weighted by Crippen LogP contribution is -2.54. The summed E-state index contributed by atoms with van der Waals surface area (Å²) in [5.41, 5.74) is 0. The normalized spacial score (nSPS) is 17.2. The summed E-state index contributed by atoms with van der Waals surface area (Å²) < 4.78 is 31.5. The van der Waals surface area contributed by atoms with E-state index in [0.717, 1.165) is 4.31 Å². The van der Waals surface area contributed by atoms with Crippen LogP contribution in [0.25, 0.3) is 0 Å². The minimum absolute atomic E-state index is 0.0226. The Morgan fingerprint density at radius 2 is 1.81 bits per heavy atom. The number of hydrogen-bond acceptors (Lipinski definition) is 5. The van der Waals surface area contributed by atoms with E-state index in [9.17, 15) is 18.0 Å². The number of ether oxygens (including phenoxy) is 1. The number of piperazine rings is 1. The van der Waals surface area contributed by atoms with Crippen LogP contribution in [0.3, 0.4) is 0 Å². The van der Waals surface area contributed by atoms with Crippen LogP contribution in [0.15, 0.2) is 0 Å². The standard InChI is InChI=1S/C11H21N3O6S/c1-12(4-3-11(16)17)21(18,19)14-7-5-13(6-8-14)10(15)9-20-2/h3-9H2,1-2H3,(H,16,17). The third-order valence-corrected chi connectivity index (χ3v) is 5.21. The van der Waals surface area contributed by atoms with E-state index in [4.69, 9.17) is 9.84 Å². The quantitative estimate of drug-likeness (QED) is 0.606. The minimum Gasteiger partial charge on any atom is -0.481 e. The Morgan fingerprint density at radius 3 is 2.29 bits per heavy atom. The average Bonchev–Trinajstić information content (AvgIpc) is 2.45. The van der Waals surface area contributed by atoms with Gasteiger partial charge in [-0.3, -0.25) is 9.59 Å². The summed E-state index contributed by atoms with van der Waals surface area (Å²) in [5, 5.41) is 8.59. The zero-order valence-corrected chi connectivity index (χ0v) is 13.0. The van der Waals surface area contributed by atoms with Gasteiger partial charge in [0.05, 0.1) is 6.42 Å². The summed E-state index contributed by atoms with van der Waals surface area (Å²) in [7, 11) is -0.910. The first kappa shape index (κ1) is 17.8. The molecule has 0 atom stereocenters. The molecular formula is C11H21N3O6S. The van der Waals surface area contributed by atoms with Crippen LogP contribution in [0, 0.1) is 0 Å². The average molecular weight is 323 g/mol. The maximum atomic E-state index is 12.2. The van der Waals surface area contributed by atoms with Crippen LogP contribution in [0.2, 0.25) is 0 Å². The van der Waals surface area contributed by atoms with Gasteiger partial charge in [0.1, 0.15) is 6.61 Å². The van der Waals surface area contributed by atoms with Crippen molar-refractivity contribution in [2.45, 2.75) is 6.42 Å². The molecule has 1 aliphatic heterocycles. The number of nitrogens with zero attached hydrogens (tertiary/aromatic N) is 3. The third-order valence-electron chi connectivity index (χ3n) is 3.22. The summed E-state index contributed by atoms with van der Waals surface area (Å²) >= 11 is 0. The molecule has 0 spiro atoms. The molecule has 21 heavy (non-hydrogen) atoms. The molecule has 122 valence electrons. The first-order chi connectivity index (χ1) is 9.78. The molecule has 0 saturated carbocycles. The fourth-order valence-corrected chi connectivity index (χ4v) is 3.29. The zero-order valence-electron chi connectivity index (χ0n) is 12.2. The van der Waals surface area contributed by atoms with Crippen LogP contribution >= 0.6 is 0 Å². The molecule has 0 unspecified atom stereocenters. The van der Waals surface area contributed by atoms with E-state index >= 15 is 0 Å². The molecule has 1 aliphatic rings. The van der Waals surface area contributed by atoms with Gasteiger partial charge in [0.15, 0.2) is 0 Å². The second kappa shape index (κ2) is 7.69. The molecule has 0 aliphatic carbocycles. The molecule has 10 heteroatoms. The van der Waals surface area contributed by atoms with Crippen molar-refractivity contribution in [1.82, 2.24) is 13.5 Å². The molecular weight excluding hydrogens is 302 g/mol. The molecule has 1 heterocycles. The van der Waals surface area contributed by atoms with Crippen LogP contribution in [0.4, 0.5) is 0 Å². The van der Waals surface area contributed by atoms with Gasteiger partial charge in [0.2, 0.25) is 5.91 Å². The predicted octanol–water partition coefficient (Wildman–Crippen LogP) is -1.57. The summed E-state index contributed by atoms with van der Waals surface area (Å²) in [6.07, 6.45) is -0.248. The fourth-order valence-electron chi connectivity index (χ4n) is 1.95. The van der Waals surface area contributed by atoms with Gasteiger partial charge in [-0.1, -0.05) is 0 Å². The van der Waals surface area contributed by atoms with E-state index in [1.165, 1.54) is 18.5 Å². The second-order valence-electron chi connectivity index (χ2n) is 4.69. The van der Waals surface area contributed by atoms with Crippen LogP contribution < -0.4 is 0 Å². The number of carboxylic acid groups (broad SMARTS) is 1. The molecule has 0 radical (unpaired) electrons. The van der Waals surface area contributed by atoms with Gasteiger partial charge < -0.3 is 14.7 Å². The van der Waals surface area contributed by atoms with E-state index in [0.29, 0.717) is 13.1 Å². The molecule has 0 aromatic rings. The van der Waals surface area contributed by atoms with Crippen LogP contribution in [0.1, 0.15) is 6.42 Å². The Kier molecular flexibility index (Phi) is 6.52. The molecule has 9 nitrogen and oxygen atoms in total. The Labute approximate surface area is 124 Å². The highest BCUT2D eigenvalue weighted by molar-refractivity contribution is 7.86. The first-order valence-electron chi connectivity index (χ1n) is 6.49. The molecule has 1 amide bonds. The van der Waals surface area contributed by atoms with Gasteiger partial charge in [0.25, 0.3) is 10.2 Å². The third kappa shape index (κ3) is 4.92. The molecule has 1 fully saturated rings. The number of amides is 1. The molecule has 0 aromatic carbocycles. The van der Waals surface area contributed by atoms with E-state index < -0.39 is 16.2 Å². The van der Waals surface area contributed by atoms with Crippen molar-refractivity contribution < 1.29 is 27.9 Å². The number of rotatable bonds is 7. The lowest BCUT2D eigenvalue weighted by Gasteiger charge is -2.35. The highest BCUT2D eigenvalue weighted by atomic mass is 32.2. The lowest BCUT2D eigenvalue weighted by molar-refractivity contribution is -0.137. The fraction of sp³-hybridized carbons (Fsp3) is 0.818. The summed E-state index contributed by atoms with van der Waals surface area (Å²) in [6.45, 7) is 0.874. The van der Waals surface area contributed by atoms with Gasteiger partial charge in [-0.25, -0.2) is 0 Å². The number of aliphatic carboxylic acids is 1. The van der Waals surface area contributed by atoms with Crippen molar-refractivity contribution in [2.24, 2.45) is 0 Å². The molecule has 1 saturated heterocycles. The monoisotopic (exact) mass is 323 g/mol. The van der Waals surface area contributed by atoms with Crippen molar-refractivity contribution in [3.63, 3.8) is 0 Å². The Bertz CT molecular complexity index is 472. The summed E-state index contributed by atoms with van der Waals surface area (Å²) in [5.74, 6) is -1.22. The first-order valence-corrected chi connectivity index (χ1v) is 7.88. The van der Waals surface area contributed by atoms with Gasteiger partial charge in [-0.15, -0.1) is 0 Å². The van der Waals surface area contributed by atoms with E-state index in [2.05, 4.69) is 0 Å². The van der Waals surface area contributed by atoms with Crippen LogP contribution in [-0.2, 0) is 24.5 Å². The van der Waals surface area contributed by atoms with Gasteiger partial charge in [-0.05, 0) is 0 Å². The highest BCUT2D eigenvalue weighted by Crippen LogP contribution is 2.11. The zero-order chi connectivity index (χ0) is 16.0. The number of hydrogen-bond donors (Lipinski definition) is 1. The van der Waals surface area contributed by atoms with Gasteiger partial charge in [-0.2, -0.15) is 17.0 Å². The molecule has 1 N–H and O–H groups in total. The number of carbonyl (C=O) groups excluding carboxylic acids is 1. The van der Waals surface area contributed by atoms with Crippen molar-refractivity contribution in [3.05, 3.63) is 0 Å². The van der Waals surface area contributed by atoms with Crippen molar-refractivity contribution in [2.75, 3.05) is 53.5 Å². The van der Waals surface area contributed by atoms with E-state index in [-0.39, 0.29) is 38.6 Å². The van der Waals surface area contributed by atoms with Crippen LogP contribution in [0.5, 0.6) is 0 Å². The topological polar surface area (TPSA) is 107 Å². The van der Waals surface area contributed by atoms with Crippen LogP contribution in [-0.4, -0.2) is 92.4 Å². The lowest BCUT2D eigenvalue weighted by atomic mass is 10.3. The SMILES string of the molecule is COCC(=O)N1CCN(S(=O)(=O)N(C)CCC(=O)O)CC1. The minimum atomic E-state index is -3.69. The predicted molar refractivity (Wildman–Crippen MR) is 73.8 cm³/mol. The van der Waals surface area contributed by atoms with Crippen molar-refractivity contribution in [3.8, 4) is 0 Å². The maximum Gasteiger partial charge on any atom is 0.304 e. The van der Waals surface area contributed by atoms with Crippen molar-refractivity contribution >= 4 is 22.1 Å². The van der Waals surface area contributed by atoms with Crippen molar-refractivity contribution in [1.29, 1.82) is 0 Å². The highest BCUT2D eigenvalue weighted by Gasteiger charge is 2.31. The smallest absolute Gasteiger partial charge is 0.304 e. The largest absolute Gasteiger partial charge is 0.481 e. The Balaban J connectivity index is 2.55. The molecule has 0 aromatic heterocycles. The summed E-state index contributed by atoms with van der Waals surface area (Å²) in [6, 6.07) is 0. The molecule has 1 rings (SSSR count). The van der Waals surface area contributed by atoms with E-state index in [1.807, 2.05) is 0 Å². The number of methoxy groups -OCH3 is 1. The summed E-state index contributed by atoms with van der Waals surface area (Å²) in [4.78, 5) is 23.7. The maximum absolute atomic E-state index is 12.2. The Hall–Kier alpha value is -1.23. The number of carboxylic acids is 1. The molecule has 0 bridgehead atoms.